The molecule has 0 N–H and O–H groups in total. The Morgan fingerprint density at radius 1 is 0.655 bits per heavy atom. The molecule has 0 aliphatic carbocycles. The second-order valence-corrected chi connectivity index (χ2v) is 8.91. The molecule has 1 heteroatoms. The average Bonchev–Trinajstić information content (AvgIpc) is 2.75. The summed E-state index contributed by atoms with van der Waals surface area (Å²) in [7, 11) is 0. The lowest BCUT2D eigenvalue weighted by molar-refractivity contribution is 0.461. The molecule has 1 aromatic heterocycles. The predicted octanol–water partition coefficient (Wildman–Crippen LogP) is 8.80. The highest BCUT2D eigenvalue weighted by Crippen LogP contribution is 2.20. The van der Waals surface area contributed by atoms with E-state index in [-0.39, 0.29) is 0 Å². The first-order valence-corrected chi connectivity index (χ1v) is 12.3. The maximum Gasteiger partial charge on any atom is 0.0702 e. The summed E-state index contributed by atoms with van der Waals surface area (Å²) in [6.07, 6.45) is 19.3. The van der Waals surface area contributed by atoms with Gasteiger partial charge in [-0.3, -0.25) is 4.98 Å². The van der Waals surface area contributed by atoms with Crippen LogP contribution in [0.15, 0.2) is 42.6 Å². The molecule has 0 radical (unpaired) electrons. The molecule has 0 bridgehead atoms. The highest BCUT2D eigenvalue weighted by Gasteiger charge is 2.03. The van der Waals surface area contributed by atoms with Crippen LogP contribution in [0.1, 0.15) is 103 Å². The van der Waals surface area contributed by atoms with Crippen molar-refractivity contribution in [3.63, 3.8) is 0 Å². The van der Waals surface area contributed by atoms with E-state index in [4.69, 9.17) is 4.98 Å². The van der Waals surface area contributed by atoms with Crippen molar-refractivity contribution < 1.29 is 0 Å². The highest BCUT2D eigenvalue weighted by atomic mass is 14.7. The smallest absolute Gasteiger partial charge is 0.0702 e. The number of aromatic nitrogens is 1. The molecule has 1 aromatic carbocycles. The van der Waals surface area contributed by atoms with E-state index < -0.39 is 0 Å². The Balaban J connectivity index is 1.72. The van der Waals surface area contributed by atoms with E-state index in [0.29, 0.717) is 0 Å². The van der Waals surface area contributed by atoms with Gasteiger partial charge in [-0.05, 0) is 48.8 Å². The first-order chi connectivity index (χ1) is 14.2. The molecule has 0 amide bonds. The van der Waals surface area contributed by atoms with Crippen molar-refractivity contribution in [2.24, 2.45) is 5.92 Å². The standard InChI is InChI=1S/C28H43N/c1-4-6-7-8-9-10-15-25-17-20-27(21-18-25)28-22-19-26(23-29-28)16-12-11-14-24(3)13-5-2/h17-24H,4-16H2,1-3H3. The molecule has 1 heterocycles. The van der Waals surface area contributed by atoms with E-state index in [2.05, 4.69) is 63.4 Å². The fraction of sp³-hybridized carbons (Fsp3) is 0.607. The van der Waals surface area contributed by atoms with Gasteiger partial charge in [0.05, 0.1) is 5.69 Å². The summed E-state index contributed by atoms with van der Waals surface area (Å²) in [6.45, 7) is 6.95. The summed E-state index contributed by atoms with van der Waals surface area (Å²) in [4.78, 5) is 4.73. The van der Waals surface area contributed by atoms with Gasteiger partial charge in [0.2, 0.25) is 0 Å². The Kier molecular flexibility index (Phi) is 11.7. The molecule has 1 unspecified atom stereocenters. The van der Waals surface area contributed by atoms with Gasteiger partial charge >= 0.3 is 0 Å². The first kappa shape index (κ1) is 23.6. The van der Waals surface area contributed by atoms with E-state index in [1.54, 1.807) is 0 Å². The Hall–Kier alpha value is -1.63. The second-order valence-electron chi connectivity index (χ2n) is 8.91. The lowest BCUT2D eigenvalue weighted by Gasteiger charge is -2.09. The van der Waals surface area contributed by atoms with Crippen molar-refractivity contribution in [3.8, 4) is 11.3 Å². The number of pyridine rings is 1. The predicted molar refractivity (Wildman–Crippen MR) is 128 cm³/mol. The molecule has 0 aliphatic heterocycles. The van der Waals surface area contributed by atoms with Gasteiger partial charge in [-0.15, -0.1) is 0 Å². The third kappa shape index (κ3) is 9.61. The van der Waals surface area contributed by atoms with Gasteiger partial charge in [0, 0.05) is 11.8 Å². The average molecular weight is 394 g/mol. The van der Waals surface area contributed by atoms with Crippen molar-refractivity contribution in [3.05, 3.63) is 53.7 Å². The second kappa shape index (κ2) is 14.4. The minimum Gasteiger partial charge on any atom is -0.256 e. The van der Waals surface area contributed by atoms with Crippen LogP contribution in [-0.4, -0.2) is 4.98 Å². The van der Waals surface area contributed by atoms with Crippen LogP contribution in [0.3, 0.4) is 0 Å². The highest BCUT2D eigenvalue weighted by molar-refractivity contribution is 5.59. The van der Waals surface area contributed by atoms with Crippen LogP contribution in [0.25, 0.3) is 11.3 Å². The van der Waals surface area contributed by atoms with E-state index in [9.17, 15) is 0 Å². The summed E-state index contributed by atoms with van der Waals surface area (Å²) < 4.78 is 0. The molecule has 160 valence electrons. The molecule has 1 nitrogen and oxygen atoms in total. The molecule has 0 saturated heterocycles. The van der Waals surface area contributed by atoms with Crippen molar-refractivity contribution >= 4 is 0 Å². The zero-order chi connectivity index (χ0) is 20.7. The molecule has 2 rings (SSSR count). The molecular formula is C28H43N. The van der Waals surface area contributed by atoms with Gasteiger partial charge in [0.15, 0.2) is 0 Å². The summed E-state index contributed by atoms with van der Waals surface area (Å²) in [5.41, 5.74) is 5.16. The largest absolute Gasteiger partial charge is 0.256 e. The van der Waals surface area contributed by atoms with Gasteiger partial charge in [0.25, 0.3) is 0 Å². The minimum absolute atomic E-state index is 0.879. The number of hydrogen-bond donors (Lipinski definition) is 0. The monoisotopic (exact) mass is 393 g/mol. The van der Waals surface area contributed by atoms with Gasteiger partial charge < -0.3 is 0 Å². The van der Waals surface area contributed by atoms with Crippen LogP contribution in [0, 0.1) is 5.92 Å². The number of aryl methyl sites for hydroxylation is 2. The van der Waals surface area contributed by atoms with Crippen LogP contribution >= 0.6 is 0 Å². The number of rotatable bonds is 15. The molecule has 0 fully saturated rings. The third-order valence-corrected chi connectivity index (χ3v) is 6.09. The van der Waals surface area contributed by atoms with Crippen molar-refractivity contribution in [1.29, 1.82) is 0 Å². The van der Waals surface area contributed by atoms with Gasteiger partial charge in [-0.2, -0.15) is 0 Å². The Morgan fingerprint density at radius 2 is 1.31 bits per heavy atom. The van der Waals surface area contributed by atoms with Crippen molar-refractivity contribution in [2.45, 2.75) is 104 Å². The summed E-state index contributed by atoms with van der Waals surface area (Å²) in [5.74, 6) is 0.879. The van der Waals surface area contributed by atoms with Crippen molar-refractivity contribution in [1.82, 2.24) is 4.98 Å². The number of unbranched alkanes of at least 4 members (excludes halogenated alkanes) is 6. The Labute approximate surface area is 180 Å². The number of hydrogen-bond acceptors (Lipinski definition) is 1. The van der Waals surface area contributed by atoms with Crippen molar-refractivity contribution in [2.75, 3.05) is 0 Å². The quantitative estimate of drug-likeness (QED) is 0.275. The van der Waals surface area contributed by atoms with Gasteiger partial charge in [-0.25, -0.2) is 0 Å². The third-order valence-electron chi connectivity index (χ3n) is 6.09. The SMILES string of the molecule is CCCCCCCCc1ccc(-c2ccc(CCCCC(C)CCC)cn2)cc1. The maximum absolute atomic E-state index is 4.73. The van der Waals surface area contributed by atoms with E-state index in [1.807, 2.05) is 0 Å². The van der Waals surface area contributed by atoms with Crippen LogP contribution in [0.5, 0.6) is 0 Å². The fourth-order valence-electron chi connectivity index (χ4n) is 4.15. The summed E-state index contributed by atoms with van der Waals surface area (Å²) in [6, 6.07) is 13.5. The topological polar surface area (TPSA) is 12.9 Å². The zero-order valence-corrected chi connectivity index (χ0v) is 19.3. The van der Waals surface area contributed by atoms with Gasteiger partial charge in [0.1, 0.15) is 0 Å². The molecule has 0 aliphatic rings. The fourth-order valence-corrected chi connectivity index (χ4v) is 4.15. The van der Waals surface area contributed by atoms with E-state index >= 15 is 0 Å². The van der Waals surface area contributed by atoms with Crippen LogP contribution in [-0.2, 0) is 12.8 Å². The zero-order valence-electron chi connectivity index (χ0n) is 19.3. The van der Waals surface area contributed by atoms with Crippen LogP contribution in [0.2, 0.25) is 0 Å². The number of benzene rings is 1. The lowest BCUT2D eigenvalue weighted by Crippen LogP contribution is -1.95. The Bertz CT molecular complexity index is 641. The summed E-state index contributed by atoms with van der Waals surface area (Å²) >= 11 is 0. The van der Waals surface area contributed by atoms with Crippen LogP contribution < -0.4 is 0 Å². The van der Waals surface area contributed by atoms with E-state index in [1.165, 1.54) is 93.7 Å². The normalized spacial score (nSPS) is 12.2. The molecule has 0 spiro atoms. The summed E-state index contributed by atoms with van der Waals surface area (Å²) in [5, 5.41) is 0. The lowest BCUT2D eigenvalue weighted by atomic mass is 9.97. The molecular weight excluding hydrogens is 350 g/mol. The maximum atomic E-state index is 4.73. The van der Waals surface area contributed by atoms with E-state index in [0.717, 1.165) is 18.0 Å². The Morgan fingerprint density at radius 3 is 2.00 bits per heavy atom. The molecule has 29 heavy (non-hydrogen) atoms. The molecule has 1 atom stereocenters. The minimum atomic E-state index is 0.879. The van der Waals surface area contributed by atoms with Gasteiger partial charge in [-0.1, -0.05) is 109 Å². The van der Waals surface area contributed by atoms with Crippen LogP contribution in [0.4, 0.5) is 0 Å². The first-order valence-electron chi connectivity index (χ1n) is 12.3. The molecule has 2 aromatic rings. The number of nitrogens with zero attached hydrogens (tertiary/aromatic N) is 1. The molecule has 0 saturated carbocycles.